The quantitative estimate of drug-likeness (QED) is 0.512. The van der Waals surface area contributed by atoms with Crippen LogP contribution in [0.3, 0.4) is 0 Å². The third-order valence-corrected chi connectivity index (χ3v) is 6.83. The largest absolute Gasteiger partial charge is 0.493 e. The van der Waals surface area contributed by atoms with Gasteiger partial charge in [-0.25, -0.2) is 0 Å². The monoisotopic (exact) mass is 482 g/mol. The number of likely N-dealkylation sites (tertiary alicyclic amines) is 1. The minimum atomic E-state index is -0.142. The summed E-state index contributed by atoms with van der Waals surface area (Å²) in [4.78, 5) is 15.4. The van der Waals surface area contributed by atoms with Gasteiger partial charge in [-0.1, -0.05) is 25.5 Å². The van der Waals surface area contributed by atoms with Gasteiger partial charge in [-0.2, -0.15) is 0 Å². The average Bonchev–Trinajstić information content (AvgIpc) is 2.89. The molecule has 0 spiro atoms. The number of carbonyl (C=O) groups is 1. The van der Waals surface area contributed by atoms with Crippen molar-refractivity contribution in [1.29, 1.82) is 0 Å². The molecule has 1 amide bonds. The summed E-state index contributed by atoms with van der Waals surface area (Å²) in [7, 11) is 3.39. The highest BCUT2D eigenvalue weighted by atomic mass is 16.5. The molecule has 0 unspecified atom stereocenters. The molecule has 0 radical (unpaired) electrons. The second kappa shape index (κ2) is 12.3. The van der Waals surface area contributed by atoms with Crippen LogP contribution in [0, 0.1) is 0 Å². The van der Waals surface area contributed by atoms with Crippen molar-refractivity contribution >= 4 is 5.91 Å². The van der Waals surface area contributed by atoms with Crippen molar-refractivity contribution in [3.8, 4) is 17.2 Å². The van der Waals surface area contributed by atoms with E-state index in [4.69, 9.17) is 18.9 Å². The molecule has 7 heteroatoms. The molecule has 0 saturated carbocycles. The molecule has 2 aliphatic heterocycles. The highest BCUT2D eigenvalue weighted by Crippen LogP contribution is 2.30. The maximum absolute atomic E-state index is 12.9. The lowest BCUT2D eigenvalue weighted by Crippen LogP contribution is -2.42. The standard InChI is InChI=1S/C28H38N2O5/c1-4-5-14-34-25-9-8-22(17-27(25)33-3)28(31)29-23-16-21-7-6-20(15-26(21)35-19-23)18-30-12-10-24(32-2)11-13-30/h6-9,15,17,23-24H,4-5,10-14,16,18-19H2,1-3H3,(H,29,31)/t23-/m1/s1. The van der Waals surface area contributed by atoms with Crippen molar-refractivity contribution in [3.63, 3.8) is 0 Å². The van der Waals surface area contributed by atoms with Gasteiger partial charge in [-0.15, -0.1) is 0 Å². The number of benzene rings is 2. The smallest absolute Gasteiger partial charge is 0.251 e. The second-order valence-electron chi connectivity index (χ2n) is 9.41. The number of nitrogens with zero attached hydrogens (tertiary/aromatic N) is 1. The fraction of sp³-hybridized carbons (Fsp3) is 0.536. The third-order valence-electron chi connectivity index (χ3n) is 6.83. The number of nitrogens with one attached hydrogen (secondary N) is 1. The number of carbonyl (C=O) groups excluding carboxylic acids is 1. The van der Waals surface area contributed by atoms with Crippen LogP contribution in [0.1, 0.15) is 54.1 Å². The molecule has 1 N–H and O–H groups in total. The molecule has 1 fully saturated rings. The predicted molar refractivity (Wildman–Crippen MR) is 136 cm³/mol. The summed E-state index contributed by atoms with van der Waals surface area (Å²) in [5.41, 5.74) is 2.93. The van der Waals surface area contributed by atoms with Crippen LogP contribution in [0.5, 0.6) is 17.2 Å². The summed E-state index contributed by atoms with van der Waals surface area (Å²) in [6, 6.07) is 11.7. The molecular weight excluding hydrogens is 444 g/mol. The van der Waals surface area contributed by atoms with E-state index in [0.29, 0.717) is 36.4 Å². The lowest BCUT2D eigenvalue weighted by atomic mass is 9.99. The number of methoxy groups -OCH3 is 2. The Balaban J connectivity index is 1.32. The Labute approximate surface area is 208 Å². The molecule has 4 rings (SSSR count). The van der Waals surface area contributed by atoms with Crippen LogP contribution in [0.25, 0.3) is 0 Å². The Morgan fingerprint density at radius 2 is 1.94 bits per heavy atom. The van der Waals surface area contributed by atoms with E-state index in [1.165, 1.54) is 5.56 Å². The maximum Gasteiger partial charge on any atom is 0.251 e. The van der Waals surface area contributed by atoms with Crippen molar-refractivity contribution in [3.05, 3.63) is 53.1 Å². The number of unbranched alkanes of at least 4 members (excludes halogenated alkanes) is 1. The maximum atomic E-state index is 12.9. The first kappa shape index (κ1) is 25.3. The molecule has 1 saturated heterocycles. The van der Waals surface area contributed by atoms with E-state index in [1.54, 1.807) is 32.4 Å². The zero-order valence-electron chi connectivity index (χ0n) is 21.2. The minimum Gasteiger partial charge on any atom is -0.493 e. The Hall–Kier alpha value is -2.77. The molecule has 35 heavy (non-hydrogen) atoms. The van der Waals surface area contributed by atoms with Crippen molar-refractivity contribution in [2.45, 2.75) is 57.7 Å². The van der Waals surface area contributed by atoms with E-state index in [9.17, 15) is 4.79 Å². The molecule has 2 aromatic rings. The van der Waals surface area contributed by atoms with Gasteiger partial charge < -0.3 is 24.3 Å². The van der Waals surface area contributed by atoms with E-state index >= 15 is 0 Å². The third kappa shape index (κ3) is 6.67. The van der Waals surface area contributed by atoms with E-state index < -0.39 is 0 Å². The number of hydrogen-bond acceptors (Lipinski definition) is 6. The highest BCUT2D eigenvalue weighted by molar-refractivity contribution is 5.95. The van der Waals surface area contributed by atoms with Gasteiger partial charge in [0.1, 0.15) is 12.4 Å². The van der Waals surface area contributed by atoms with Crippen molar-refractivity contribution < 1.29 is 23.7 Å². The number of amides is 1. The average molecular weight is 483 g/mol. The van der Waals surface area contributed by atoms with Gasteiger partial charge in [0.15, 0.2) is 11.5 Å². The predicted octanol–water partition coefficient (Wildman–Crippen LogP) is 4.22. The summed E-state index contributed by atoms with van der Waals surface area (Å²) >= 11 is 0. The van der Waals surface area contributed by atoms with Crippen LogP contribution in [-0.4, -0.2) is 63.5 Å². The van der Waals surface area contributed by atoms with Crippen molar-refractivity contribution in [1.82, 2.24) is 10.2 Å². The SMILES string of the molecule is CCCCOc1ccc(C(=O)N[C@H]2COc3cc(CN4CCC(OC)CC4)ccc3C2)cc1OC. The lowest BCUT2D eigenvalue weighted by molar-refractivity contribution is 0.0388. The molecule has 2 aliphatic rings. The first-order chi connectivity index (χ1) is 17.1. The zero-order chi connectivity index (χ0) is 24.6. The van der Waals surface area contributed by atoms with Crippen LogP contribution in [0.2, 0.25) is 0 Å². The van der Waals surface area contributed by atoms with Crippen LogP contribution < -0.4 is 19.5 Å². The Morgan fingerprint density at radius 3 is 2.69 bits per heavy atom. The van der Waals surface area contributed by atoms with Gasteiger partial charge in [0.2, 0.25) is 0 Å². The van der Waals surface area contributed by atoms with Crippen molar-refractivity contribution in [2.24, 2.45) is 0 Å². The molecule has 2 heterocycles. The lowest BCUT2D eigenvalue weighted by Gasteiger charge is -2.31. The molecular formula is C28H38N2O5. The molecule has 2 aromatic carbocycles. The van der Waals surface area contributed by atoms with E-state index in [2.05, 4.69) is 35.3 Å². The van der Waals surface area contributed by atoms with Gasteiger partial charge in [0, 0.05) is 32.3 Å². The van der Waals surface area contributed by atoms with Crippen LogP contribution in [0.4, 0.5) is 0 Å². The summed E-state index contributed by atoms with van der Waals surface area (Å²) in [6.07, 6.45) is 5.34. The topological polar surface area (TPSA) is 69.3 Å². The molecule has 0 aliphatic carbocycles. The zero-order valence-corrected chi connectivity index (χ0v) is 21.2. The normalized spacial score (nSPS) is 18.4. The van der Waals surface area contributed by atoms with Gasteiger partial charge in [-0.05, 0) is 61.1 Å². The molecule has 0 bridgehead atoms. The Kier molecular flexibility index (Phi) is 8.88. The summed E-state index contributed by atoms with van der Waals surface area (Å²) in [5.74, 6) is 2.01. The Bertz CT molecular complexity index is 987. The van der Waals surface area contributed by atoms with E-state index in [1.807, 2.05) is 0 Å². The number of piperidine rings is 1. The number of ether oxygens (including phenoxy) is 4. The van der Waals surface area contributed by atoms with Gasteiger partial charge in [0.05, 0.1) is 25.9 Å². The van der Waals surface area contributed by atoms with Crippen LogP contribution in [-0.2, 0) is 17.7 Å². The number of hydrogen-bond donors (Lipinski definition) is 1. The van der Waals surface area contributed by atoms with E-state index in [-0.39, 0.29) is 11.9 Å². The molecule has 0 aromatic heterocycles. The summed E-state index contributed by atoms with van der Waals surface area (Å²) in [6.45, 7) is 6.24. The van der Waals surface area contributed by atoms with E-state index in [0.717, 1.165) is 63.1 Å². The van der Waals surface area contributed by atoms with Crippen molar-refractivity contribution in [2.75, 3.05) is 40.5 Å². The first-order valence-corrected chi connectivity index (χ1v) is 12.7. The first-order valence-electron chi connectivity index (χ1n) is 12.7. The van der Waals surface area contributed by atoms with Gasteiger partial charge >= 0.3 is 0 Å². The minimum absolute atomic E-state index is 0.0830. The highest BCUT2D eigenvalue weighted by Gasteiger charge is 2.24. The number of fused-ring (bicyclic) bond motifs is 1. The second-order valence-corrected chi connectivity index (χ2v) is 9.41. The van der Waals surface area contributed by atoms with Gasteiger partial charge in [-0.3, -0.25) is 9.69 Å². The summed E-state index contributed by atoms with van der Waals surface area (Å²) in [5, 5.41) is 3.11. The van der Waals surface area contributed by atoms with Crippen LogP contribution >= 0.6 is 0 Å². The molecule has 1 atom stereocenters. The van der Waals surface area contributed by atoms with Gasteiger partial charge in [0.25, 0.3) is 5.91 Å². The summed E-state index contributed by atoms with van der Waals surface area (Å²) < 4.78 is 22.7. The molecule has 190 valence electrons. The Morgan fingerprint density at radius 1 is 1.11 bits per heavy atom. The fourth-order valence-corrected chi connectivity index (χ4v) is 4.69. The molecule has 7 nitrogen and oxygen atoms in total. The number of rotatable bonds is 10. The van der Waals surface area contributed by atoms with Crippen LogP contribution in [0.15, 0.2) is 36.4 Å². The fourth-order valence-electron chi connectivity index (χ4n) is 4.69.